The van der Waals surface area contributed by atoms with Gasteiger partial charge in [-0.15, -0.1) is 0 Å². The number of amides is 1. The van der Waals surface area contributed by atoms with Crippen molar-refractivity contribution in [3.05, 3.63) is 51.7 Å². The first kappa shape index (κ1) is 18.3. The Balaban J connectivity index is 1.91. The molecule has 1 heterocycles. The summed E-state index contributed by atoms with van der Waals surface area (Å²) < 4.78 is 5.30. The van der Waals surface area contributed by atoms with Gasteiger partial charge in [0.2, 0.25) is 5.88 Å². The number of aromatic nitrogens is 2. The van der Waals surface area contributed by atoms with Crippen molar-refractivity contribution in [3.8, 4) is 5.88 Å². The van der Waals surface area contributed by atoms with Gasteiger partial charge >= 0.3 is 0 Å². The Labute approximate surface area is 147 Å². The molecule has 0 saturated carbocycles. The molecule has 0 spiro atoms. The van der Waals surface area contributed by atoms with Gasteiger partial charge in [0.25, 0.3) is 11.6 Å². The zero-order chi connectivity index (χ0) is 18.2. The second kappa shape index (κ2) is 8.73. The first-order chi connectivity index (χ1) is 12.0. The van der Waals surface area contributed by atoms with Crippen LogP contribution in [-0.4, -0.2) is 39.9 Å². The predicted octanol–water partition coefficient (Wildman–Crippen LogP) is 1.94. The van der Waals surface area contributed by atoms with Crippen LogP contribution in [0.3, 0.4) is 0 Å². The van der Waals surface area contributed by atoms with Crippen molar-refractivity contribution in [2.45, 2.75) is 12.1 Å². The van der Waals surface area contributed by atoms with E-state index >= 15 is 0 Å². The summed E-state index contributed by atoms with van der Waals surface area (Å²) >= 11 is 1.37. The number of hydrogen-bond acceptors (Lipinski definition) is 8. The van der Waals surface area contributed by atoms with E-state index in [9.17, 15) is 14.9 Å². The SMILES string of the molecule is CSc1nc(C)cc(OCC(=O)NN=Cc2ccccc2[N+](=O)[O-])n1. The lowest BCUT2D eigenvalue weighted by Crippen LogP contribution is -2.25. The van der Waals surface area contributed by atoms with Crippen molar-refractivity contribution in [3.63, 3.8) is 0 Å². The Kier molecular flexibility index (Phi) is 6.40. The lowest BCUT2D eigenvalue weighted by molar-refractivity contribution is -0.385. The van der Waals surface area contributed by atoms with Gasteiger partial charge < -0.3 is 4.74 Å². The van der Waals surface area contributed by atoms with Gasteiger partial charge in [-0.25, -0.2) is 10.4 Å². The third-order valence-corrected chi connectivity index (χ3v) is 3.42. The Morgan fingerprint density at radius 2 is 2.20 bits per heavy atom. The minimum Gasteiger partial charge on any atom is -0.467 e. The smallest absolute Gasteiger partial charge is 0.278 e. The molecule has 1 amide bonds. The second-order valence-corrected chi connectivity index (χ2v) is 5.51. The fourth-order valence-corrected chi connectivity index (χ4v) is 2.20. The number of nitro benzene ring substituents is 1. The van der Waals surface area contributed by atoms with Crippen LogP contribution >= 0.6 is 11.8 Å². The summed E-state index contributed by atoms with van der Waals surface area (Å²) in [5.74, 6) is -0.230. The minimum absolute atomic E-state index is 0.0993. The number of carbonyl (C=O) groups excluding carboxylic acids is 1. The van der Waals surface area contributed by atoms with Crippen LogP contribution in [0.5, 0.6) is 5.88 Å². The van der Waals surface area contributed by atoms with E-state index in [0.29, 0.717) is 5.16 Å². The third-order valence-electron chi connectivity index (χ3n) is 2.87. The molecule has 25 heavy (non-hydrogen) atoms. The maximum Gasteiger partial charge on any atom is 0.278 e. The molecule has 0 aliphatic rings. The van der Waals surface area contributed by atoms with Crippen LogP contribution in [0.25, 0.3) is 0 Å². The lowest BCUT2D eigenvalue weighted by atomic mass is 10.2. The number of carbonyl (C=O) groups is 1. The van der Waals surface area contributed by atoms with Gasteiger partial charge in [0, 0.05) is 17.8 Å². The van der Waals surface area contributed by atoms with Crippen molar-refractivity contribution in [1.29, 1.82) is 0 Å². The second-order valence-electron chi connectivity index (χ2n) is 4.73. The molecule has 10 heteroatoms. The standard InChI is InChI=1S/C15H15N5O4S/c1-10-7-14(18-15(17-10)25-2)24-9-13(21)19-16-8-11-5-3-4-6-12(11)20(22)23/h3-8H,9H2,1-2H3,(H,19,21). The molecule has 1 N–H and O–H groups in total. The summed E-state index contributed by atoms with van der Waals surface area (Å²) in [6, 6.07) is 7.68. The number of aryl methyl sites for hydroxylation is 1. The topological polar surface area (TPSA) is 120 Å². The average molecular weight is 361 g/mol. The normalized spacial score (nSPS) is 10.6. The van der Waals surface area contributed by atoms with E-state index in [4.69, 9.17) is 4.74 Å². The Morgan fingerprint density at radius 3 is 2.92 bits per heavy atom. The van der Waals surface area contributed by atoms with Gasteiger partial charge in [0.05, 0.1) is 16.7 Å². The van der Waals surface area contributed by atoms with Crippen LogP contribution < -0.4 is 10.2 Å². The summed E-state index contributed by atoms with van der Waals surface area (Å²) in [7, 11) is 0. The van der Waals surface area contributed by atoms with Crippen LogP contribution in [0.1, 0.15) is 11.3 Å². The Morgan fingerprint density at radius 1 is 1.44 bits per heavy atom. The maximum absolute atomic E-state index is 11.7. The number of para-hydroxylation sites is 1. The van der Waals surface area contributed by atoms with Gasteiger partial charge in [0.1, 0.15) is 0 Å². The van der Waals surface area contributed by atoms with E-state index in [1.807, 2.05) is 6.26 Å². The van der Waals surface area contributed by atoms with Crippen LogP contribution in [-0.2, 0) is 4.79 Å². The number of thioether (sulfide) groups is 1. The van der Waals surface area contributed by atoms with E-state index in [1.54, 1.807) is 25.1 Å². The zero-order valence-electron chi connectivity index (χ0n) is 13.5. The molecule has 0 fully saturated rings. The molecule has 130 valence electrons. The molecule has 0 aliphatic heterocycles. The summed E-state index contributed by atoms with van der Waals surface area (Å²) in [4.78, 5) is 30.4. The van der Waals surface area contributed by atoms with Gasteiger partial charge in [-0.05, 0) is 19.2 Å². The van der Waals surface area contributed by atoms with Gasteiger partial charge in [-0.2, -0.15) is 10.1 Å². The molecule has 0 aliphatic carbocycles. The summed E-state index contributed by atoms with van der Waals surface area (Å²) in [6.45, 7) is 1.50. The summed E-state index contributed by atoms with van der Waals surface area (Å²) in [5.41, 5.74) is 3.15. The molecule has 0 atom stereocenters. The number of rotatable bonds is 7. The number of hydrazone groups is 1. The number of nitro groups is 1. The minimum atomic E-state index is -0.521. The van der Waals surface area contributed by atoms with Gasteiger partial charge in [0.15, 0.2) is 11.8 Å². The van der Waals surface area contributed by atoms with E-state index in [2.05, 4.69) is 20.5 Å². The van der Waals surface area contributed by atoms with Crippen molar-refractivity contribution < 1.29 is 14.5 Å². The quantitative estimate of drug-likeness (QED) is 0.263. The number of benzene rings is 1. The van der Waals surface area contributed by atoms with Crippen LogP contribution in [0, 0.1) is 17.0 Å². The monoisotopic (exact) mass is 361 g/mol. The van der Waals surface area contributed by atoms with Crippen molar-refractivity contribution in [2.75, 3.05) is 12.9 Å². The fourth-order valence-electron chi connectivity index (χ4n) is 1.79. The van der Waals surface area contributed by atoms with E-state index in [0.717, 1.165) is 5.69 Å². The largest absolute Gasteiger partial charge is 0.467 e. The Hall–Kier alpha value is -3.01. The summed E-state index contributed by atoms with van der Waals surface area (Å²) in [5, 5.41) is 15.1. The van der Waals surface area contributed by atoms with Gasteiger partial charge in [-0.3, -0.25) is 14.9 Å². The number of hydrogen-bond donors (Lipinski definition) is 1. The molecule has 1 aromatic heterocycles. The molecule has 0 unspecified atom stereocenters. The first-order valence-electron chi connectivity index (χ1n) is 7.07. The average Bonchev–Trinajstić information content (AvgIpc) is 2.59. The molecule has 2 aromatic rings. The molecular weight excluding hydrogens is 346 g/mol. The zero-order valence-corrected chi connectivity index (χ0v) is 14.3. The van der Waals surface area contributed by atoms with Crippen molar-refractivity contribution in [1.82, 2.24) is 15.4 Å². The Bertz CT molecular complexity index is 812. The molecule has 2 rings (SSSR count). The number of nitrogens with one attached hydrogen (secondary N) is 1. The summed E-state index contributed by atoms with van der Waals surface area (Å²) in [6.07, 6.45) is 3.04. The fraction of sp³-hybridized carbons (Fsp3) is 0.200. The predicted molar refractivity (Wildman–Crippen MR) is 92.9 cm³/mol. The highest BCUT2D eigenvalue weighted by atomic mass is 32.2. The highest BCUT2D eigenvalue weighted by Crippen LogP contribution is 2.16. The van der Waals surface area contributed by atoms with Crippen LogP contribution in [0.4, 0.5) is 5.69 Å². The van der Waals surface area contributed by atoms with E-state index < -0.39 is 10.8 Å². The highest BCUT2D eigenvalue weighted by molar-refractivity contribution is 7.98. The van der Waals surface area contributed by atoms with Crippen LogP contribution in [0.2, 0.25) is 0 Å². The third kappa shape index (κ3) is 5.53. The number of nitrogens with zero attached hydrogens (tertiary/aromatic N) is 4. The molecule has 1 aromatic carbocycles. The molecule has 0 saturated heterocycles. The maximum atomic E-state index is 11.7. The number of ether oxygens (including phenoxy) is 1. The van der Waals surface area contributed by atoms with E-state index in [1.165, 1.54) is 30.1 Å². The molecular formula is C15H15N5O4S. The molecule has 0 radical (unpaired) electrons. The van der Waals surface area contributed by atoms with Crippen molar-refractivity contribution in [2.24, 2.45) is 5.10 Å². The van der Waals surface area contributed by atoms with Gasteiger partial charge in [-0.1, -0.05) is 23.9 Å². The highest BCUT2D eigenvalue weighted by Gasteiger charge is 2.10. The first-order valence-corrected chi connectivity index (χ1v) is 8.30. The molecule has 0 bridgehead atoms. The van der Waals surface area contributed by atoms with E-state index in [-0.39, 0.29) is 23.7 Å². The van der Waals surface area contributed by atoms with Crippen LogP contribution in [0.15, 0.2) is 40.6 Å². The van der Waals surface area contributed by atoms with Crippen molar-refractivity contribution >= 4 is 29.6 Å². The lowest BCUT2D eigenvalue weighted by Gasteiger charge is -2.06. The molecule has 9 nitrogen and oxygen atoms in total.